The summed E-state index contributed by atoms with van der Waals surface area (Å²) in [5.74, 6) is 0.220. The smallest absolute Gasteiger partial charge is 0.407 e. The number of amides is 2. The molecule has 0 radical (unpaired) electrons. The predicted molar refractivity (Wildman–Crippen MR) is 113 cm³/mol. The van der Waals surface area contributed by atoms with Gasteiger partial charge in [0.2, 0.25) is 11.8 Å². The molecule has 2 aromatic rings. The molecule has 1 aromatic carbocycles. The van der Waals surface area contributed by atoms with Gasteiger partial charge in [0.15, 0.2) is 0 Å². The average Bonchev–Trinajstić information content (AvgIpc) is 3.12. The molecule has 2 heterocycles. The van der Waals surface area contributed by atoms with Crippen LogP contribution in [-0.4, -0.2) is 36.7 Å². The van der Waals surface area contributed by atoms with Gasteiger partial charge in [0, 0.05) is 29.0 Å². The third-order valence-electron chi connectivity index (χ3n) is 4.38. The highest BCUT2D eigenvalue weighted by molar-refractivity contribution is 9.10. The third kappa shape index (κ3) is 5.32. The van der Waals surface area contributed by atoms with E-state index in [2.05, 4.69) is 31.5 Å². The van der Waals surface area contributed by atoms with Crippen LogP contribution in [0, 0.1) is 0 Å². The van der Waals surface area contributed by atoms with Gasteiger partial charge in [-0.1, -0.05) is 35.3 Å². The van der Waals surface area contributed by atoms with Gasteiger partial charge >= 0.3 is 6.09 Å². The fraction of sp³-hybridized carbons (Fsp3) is 0.316. The van der Waals surface area contributed by atoms with E-state index in [0.29, 0.717) is 46.3 Å². The van der Waals surface area contributed by atoms with Crippen LogP contribution in [0.1, 0.15) is 18.4 Å². The Kier molecular flexibility index (Phi) is 7.21. The van der Waals surface area contributed by atoms with Gasteiger partial charge in [-0.3, -0.25) is 4.79 Å². The van der Waals surface area contributed by atoms with Gasteiger partial charge in [-0.15, -0.1) is 0 Å². The van der Waals surface area contributed by atoms with Gasteiger partial charge in [-0.05, 0) is 34.5 Å². The summed E-state index contributed by atoms with van der Waals surface area (Å²) >= 11 is 16.1. The summed E-state index contributed by atoms with van der Waals surface area (Å²) in [7, 11) is 1.46. The molecule has 7 nitrogen and oxygen atoms in total. The van der Waals surface area contributed by atoms with Crippen LogP contribution in [-0.2, 0) is 16.1 Å². The number of halogens is 3. The summed E-state index contributed by atoms with van der Waals surface area (Å²) in [6.07, 6.45) is 0.527. The van der Waals surface area contributed by atoms with Crippen molar-refractivity contribution in [2.24, 2.45) is 0 Å². The van der Waals surface area contributed by atoms with Crippen LogP contribution in [0.3, 0.4) is 0 Å². The molecule has 1 aromatic heterocycles. The standard InChI is InChI=1S/C19H18BrCl2N3O4/c1-28-18-12(9-29-19(27)23-8-10-5-6-16(26)24-10)14(21)7-15(25-18)11-3-2-4-13(20)17(11)22/h2-4,7,10H,5-6,8-9H2,1H3,(H,23,27)(H,24,26). The second-order valence-corrected chi connectivity index (χ2v) is 7.98. The van der Waals surface area contributed by atoms with Crippen molar-refractivity contribution >= 4 is 51.1 Å². The van der Waals surface area contributed by atoms with E-state index in [1.54, 1.807) is 6.07 Å². The first-order chi connectivity index (χ1) is 13.9. The summed E-state index contributed by atoms with van der Waals surface area (Å²) in [5.41, 5.74) is 1.65. The van der Waals surface area contributed by atoms with Gasteiger partial charge in [0.25, 0.3) is 0 Å². The molecule has 29 heavy (non-hydrogen) atoms. The molecular weight excluding hydrogens is 485 g/mol. The number of nitrogens with one attached hydrogen (secondary N) is 2. The number of carbonyl (C=O) groups is 2. The lowest BCUT2D eigenvalue weighted by molar-refractivity contribution is -0.119. The first kappa shape index (κ1) is 21.7. The molecule has 1 aliphatic heterocycles. The topological polar surface area (TPSA) is 89.6 Å². The zero-order chi connectivity index (χ0) is 21.0. The van der Waals surface area contributed by atoms with E-state index < -0.39 is 6.09 Å². The predicted octanol–water partition coefficient (Wildman–Crippen LogP) is 4.33. The Morgan fingerprint density at radius 2 is 2.21 bits per heavy atom. The molecule has 10 heteroatoms. The number of alkyl carbamates (subject to hydrolysis) is 1. The van der Waals surface area contributed by atoms with Crippen LogP contribution in [0.5, 0.6) is 5.88 Å². The highest BCUT2D eigenvalue weighted by Gasteiger charge is 2.22. The van der Waals surface area contributed by atoms with Crippen LogP contribution >= 0.6 is 39.1 Å². The van der Waals surface area contributed by atoms with Crippen LogP contribution in [0.15, 0.2) is 28.7 Å². The number of ether oxygens (including phenoxy) is 2. The van der Waals surface area contributed by atoms with Crippen LogP contribution in [0.25, 0.3) is 11.3 Å². The number of hydrogen-bond donors (Lipinski definition) is 2. The van der Waals surface area contributed by atoms with Gasteiger partial charge in [0.05, 0.1) is 28.4 Å². The van der Waals surface area contributed by atoms with E-state index in [1.807, 2.05) is 18.2 Å². The lowest BCUT2D eigenvalue weighted by atomic mass is 10.1. The summed E-state index contributed by atoms with van der Waals surface area (Å²) in [4.78, 5) is 27.6. The van der Waals surface area contributed by atoms with Crippen LogP contribution in [0.2, 0.25) is 10.0 Å². The summed E-state index contributed by atoms with van der Waals surface area (Å²) in [6.45, 7) is 0.179. The summed E-state index contributed by atoms with van der Waals surface area (Å²) in [6, 6.07) is 7.03. The average molecular weight is 503 g/mol. The Morgan fingerprint density at radius 3 is 2.90 bits per heavy atom. The monoisotopic (exact) mass is 501 g/mol. The van der Waals surface area contributed by atoms with E-state index in [1.165, 1.54) is 7.11 Å². The Morgan fingerprint density at radius 1 is 1.41 bits per heavy atom. The minimum Gasteiger partial charge on any atom is -0.481 e. The number of methoxy groups -OCH3 is 1. The van der Waals surface area contributed by atoms with Gasteiger partial charge < -0.3 is 20.1 Å². The molecule has 1 fully saturated rings. The van der Waals surface area contributed by atoms with Crippen molar-refractivity contribution in [2.45, 2.75) is 25.5 Å². The van der Waals surface area contributed by atoms with Crippen molar-refractivity contribution < 1.29 is 19.1 Å². The van der Waals surface area contributed by atoms with Crippen molar-refractivity contribution in [1.82, 2.24) is 15.6 Å². The molecule has 0 bridgehead atoms. The van der Waals surface area contributed by atoms with Crippen LogP contribution in [0.4, 0.5) is 4.79 Å². The molecule has 1 unspecified atom stereocenters. The number of carbonyl (C=O) groups excluding carboxylic acids is 2. The Hall–Kier alpha value is -2.03. The molecule has 2 N–H and O–H groups in total. The van der Waals surface area contributed by atoms with Crippen molar-refractivity contribution in [2.75, 3.05) is 13.7 Å². The van der Waals surface area contributed by atoms with E-state index >= 15 is 0 Å². The molecule has 1 saturated heterocycles. The van der Waals surface area contributed by atoms with Crippen molar-refractivity contribution in [3.8, 4) is 17.1 Å². The molecule has 0 spiro atoms. The second kappa shape index (κ2) is 9.65. The zero-order valence-corrected chi connectivity index (χ0v) is 18.5. The number of pyridine rings is 1. The molecule has 1 atom stereocenters. The third-order valence-corrected chi connectivity index (χ3v) is 6.01. The number of benzene rings is 1. The number of aromatic nitrogens is 1. The molecule has 1 aliphatic rings. The number of nitrogens with zero attached hydrogens (tertiary/aromatic N) is 1. The maximum absolute atomic E-state index is 12.0. The lowest BCUT2D eigenvalue weighted by Crippen LogP contribution is -2.38. The minimum atomic E-state index is -0.622. The van der Waals surface area contributed by atoms with E-state index in [4.69, 9.17) is 32.7 Å². The lowest BCUT2D eigenvalue weighted by Gasteiger charge is -2.15. The highest BCUT2D eigenvalue weighted by atomic mass is 79.9. The quantitative estimate of drug-likeness (QED) is 0.613. The largest absolute Gasteiger partial charge is 0.481 e. The second-order valence-electron chi connectivity index (χ2n) is 6.34. The normalized spacial score (nSPS) is 15.7. The Bertz CT molecular complexity index is 942. The Labute approximate surface area is 186 Å². The summed E-state index contributed by atoms with van der Waals surface area (Å²) < 4.78 is 11.3. The molecular formula is C19H18BrCl2N3O4. The van der Waals surface area contributed by atoms with Crippen molar-refractivity contribution in [1.29, 1.82) is 0 Å². The number of rotatable bonds is 6. The molecule has 3 rings (SSSR count). The van der Waals surface area contributed by atoms with Gasteiger partial charge in [0.1, 0.15) is 6.61 Å². The first-order valence-corrected chi connectivity index (χ1v) is 10.3. The van der Waals surface area contributed by atoms with Crippen molar-refractivity contribution in [3.05, 3.63) is 44.3 Å². The Balaban J connectivity index is 1.68. The fourth-order valence-electron chi connectivity index (χ4n) is 2.88. The van der Waals surface area contributed by atoms with Crippen LogP contribution < -0.4 is 15.4 Å². The van der Waals surface area contributed by atoms with E-state index in [9.17, 15) is 9.59 Å². The fourth-order valence-corrected chi connectivity index (χ4v) is 3.71. The SMILES string of the molecule is COc1nc(-c2cccc(Br)c2Cl)cc(Cl)c1COC(=O)NCC1CCC(=O)N1. The van der Waals surface area contributed by atoms with E-state index in [-0.39, 0.29) is 24.4 Å². The molecule has 0 aliphatic carbocycles. The molecule has 154 valence electrons. The first-order valence-electron chi connectivity index (χ1n) is 8.76. The highest BCUT2D eigenvalue weighted by Crippen LogP contribution is 2.36. The molecule has 2 amide bonds. The molecule has 0 saturated carbocycles. The summed E-state index contributed by atoms with van der Waals surface area (Å²) in [5, 5.41) is 6.22. The van der Waals surface area contributed by atoms with Crippen molar-refractivity contribution in [3.63, 3.8) is 0 Å². The van der Waals surface area contributed by atoms with E-state index in [0.717, 1.165) is 4.47 Å². The maximum atomic E-state index is 12.0. The van der Waals surface area contributed by atoms with Gasteiger partial charge in [-0.2, -0.15) is 0 Å². The zero-order valence-electron chi connectivity index (χ0n) is 15.4. The maximum Gasteiger partial charge on any atom is 0.407 e. The number of hydrogen-bond acceptors (Lipinski definition) is 5. The van der Waals surface area contributed by atoms with Gasteiger partial charge in [-0.25, -0.2) is 9.78 Å². The minimum absolute atomic E-state index is 0.0154.